The minimum atomic E-state index is -4.26. The van der Waals surface area contributed by atoms with Gasteiger partial charge in [0.05, 0.1) is 15.6 Å². The van der Waals surface area contributed by atoms with E-state index >= 15 is 0 Å². The third-order valence-corrected chi connectivity index (χ3v) is 8.50. The second kappa shape index (κ2) is 12.9. The maximum absolute atomic E-state index is 13.3. The van der Waals surface area contributed by atoms with Crippen LogP contribution >= 0.6 is 0 Å². The lowest BCUT2D eigenvalue weighted by Crippen LogP contribution is -2.46. The van der Waals surface area contributed by atoms with E-state index in [0.29, 0.717) is 12.0 Å². The molecule has 1 atom stereocenters. The van der Waals surface area contributed by atoms with Gasteiger partial charge in [-0.05, 0) is 42.9 Å². The SMILES string of the molecule is CC(C)CN([C@@H](CCCCNS(=O)(=O)Cc1ccccc1)C(=O)O)S(=O)(=O)c1ccc([N+](=O)[O-])cc1. The normalized spacial score (nSPS) is 13.1. The van der Waals surface area contributed by atoms with Crippen LogP contribution in [0.4, 0.5) is 5.69 Å². The van der Waals surface area contributed by atoms with Gasteiger partial charge in [-0.25, -0.2) is 21.6 Å². The quantitative estimate of drug-likeness (QED) is 0.197. The van der Waals surface area contributed by atoms with E-state index < -0.39 is 37.0 Å². The number of nitrogens with zero attached hydrogens (tertiary/aromatic N) is 2. The molecule has 0 bridgehead atoms. The molecule has 0 fully saturated rings. The molecule has 0 radical (unpaired) electrons. The average Bonchev–Trinajstić information content (AvgIpc) is 2.80. The molecule has 0 heterocycles. The fourth-order valence-corrected chi connectivity index (χ4v) is 6.52. The van der Waals surface area contributed by atoms with Crippen molar-refractivity contribution in [3.8, 4) is 0 Å². The molecule has 2 aromatic carbocycles. The monoisotopic (exact) mass is 541 g/mol. The highest BCUT2D eigenvalue weighted by molar-refractivity contribution is 7.89. The van der Waals surface area contributed by atoms with Gasteiger partial charge in [-0.1, -0.05) is 44.2 Å². The number of benzene rings is 2. The van der Waals surface area contributed by atoms with Crippen molar-refractivity contribution >= 4 is 31.7 Å². The van der Waals surface area contributed by atoms with Crippen LogP contribution in [0, 0.1) is 16.0 Å². The van der Waals surface area contributed by atoms with Crippen LogP contribution in [-0.4, -0.2) is 56.3 Å². The number of nitro groups is 1. The summed E-state index contributed by atoms with van der Waals surface area (Å²) in [6.45, 7) is 3.51. The molecular weight excluding hydrogens is 510 g/mol. The molecule has 0 aliphatic heterocycles. The van der Waals surface area contributed by atoms with Crippen LogP contribution in [-0.2, 0) is 30.6 Å². The van der Waals surface area contributed by atoms with Crippen molar-refractivity contribution in [3.63, 3.8) is 0 Å². The molecule has 0 unspecified atom stereocenters. The van der Waals surface area contributed by atoms with Crippen molar-refractivity contribution in [2.45, 2.75) is 49.8 Å². The minimum Gasteiger partial charge on any atom is -0.480 e. The molecule has 0 aliphatic rings. The Morgan fingerprint density at radius 2 is 1.64 bits per heavy atom. The number of nitro benzene ring substituents is 1. The van der Waals surface area contributed by atoms with Gasteiger partial charge in [-0.15, -0.1) is 0 Å². The van der Waals surface area contributed by atoms with Gasteiger partial charge in [0.2, 0.25) is 20.0 Å². The lowest BCUT2D eigenvalue weighted by atomic mass is 10.1. The summed E-state index contributed by atoms with van der Waals surface area (Å²) in [5.41, 5.74) is 0.352. The molecule has 11 nitrogen and oxygen atoms in total. The summed E-state index contributed by atoms with van der Waals surface area (Å²) in [7, 11) is -7.84. The number of carbonyl (C=O) groups is 1. The Bertz CT molecular complexity index is 1230. The molecule has 0 saturated heterocycles. The highest BCUT2D eigenvalue weighted by atomic mass is 32.2. The number of aliphatic carboxylic acids is 1. The van der Waals surface area contributed by atoms with Crippen LogP contribution in [0.1, 0.15) is 38.7 Å². The summed E-state index contributed by atoms with van der Waals surface area (Å²) < 4.78 is 54.5. The summed E-state index contributed by atoms with van der Waals surface area (Å²) in [4.78, 5) is 22.1. The van der Waals surface area contributed by atoms with Crippen LogP contribution in [0.3, 0.4) is 0 Å². The summed E-state index contributed by atoms with van der Waals surface area (Å²) in [6.07, 6.45) is 0.536. The number of unbranched alkanes of at least 4 members (excludes halogenated alkanes) is 1. The number of rotatable bonds is 15. The van der Waals surface area contributed by atoms with Crippen molar-refractivity contribution in [1.29, 1.82) is 0 Å². The molecule has 0 amide bonds. The molecule has 36 heavy (non-hydrogen) atoms. The number of sulfonamides is 2. The zero-order valence-corrected chi connectivity index (χ0v) is 21.7. The van der Waals surface area contributed by atoms with Gasteiger partial charge >= 0.3 is 5.97 Å². The summed E-state index contributed by atoms with van der Waals surface area (Å²) in [5, 5.41) is 20.7. The Labute approximate surface area is 211 Å². The molecule has 0 saturated carbocycles. The Morgan fingerprint density at radius 1 is 1.03 bits per heavy atom. The molecule has 198 valence electrons. The molecule has 0 aromatic heterocycles. The summed E-state index contributed by atoms with van der Waals surface area (Å²) in [6, 6.07) is 11.6. The first-order chi connectivity index (χ1) is 16.8. The van der Waals surface area contributed by atoms with Crippen LogP contribution in [0.5, 0.6) is 0 Å². The molecular formula is C23H31N3O8S2. The highest BCUT2D eigenvalue weighted by Crippen LogP contribution is 2.24. The van der Waals surface area contributed by atoms with Gasteiger partial charge in [0.15, 0.2) is 0 Å². The number of nitrogens with one attached hydrogen (secondary N) is 1. The number of carboxylic acid groups (broad SMARTS) is 1. The van der Waals surface area contributed by atoms with E-state index in [-0.39, 0.29) is 48.2 Å². The second-order valence-corrected chi connectivity index (χ2v) is 12.4. The van der Waals surface area contributed by atoms with Gasteiger partial charge in [0, 0.05) is 25.2 Å². The maximum atomic E-state index is 13.3. The first kappa shape index (κ1) is 29.4. The molecule has 2 rings (SSSR count). The molecule has 13 heteroatoms. The molecule has 2 N–H and O–H groups in total. The standard InChI is InChI=1S/C23H31N3O8S2/c1-18(2)16-25(36(33,34)21-13-11-20(12-14-21)26(29)30)22(23(27)28)10-6-7-15-24-35(31,32)17-19-8-4-3-5-9-19/h3-5,8-9,11-14,18,22,24H,6-7,10,15-17H2,1-2H3,(H,27,28)/t22-/m0/s1. The number of hydrogen-bond donors (Lipinski definition) is 2. The zero-order chi connectivity index (χ0) is 26.9. The Hall–Kier alpha value is -2.87. The van der Waals surface area contributed by atoms with Gasteiger partial charge in [0.25, 0.3) is 5.69 Å². The van der Waals surface area contributed by atoms with Gasteiger partial charge in [-0.3, -0.25) is 14.9 Å². The highest BCUT2D eigenvalue weighted by Gasteiger charge is 2.36. The smallest absolute Gasteiger partial charge is 0.322 e. The van der Waals surface area contributed by atoms with Gasteiger partial charge in [-0.2, -0.15) is 4.31 Å². The lowest BCUT2D eigenvalue weighted by Gasteiger charge is -2.29. The average molecular weight is 542 g/mol. The van der Waals surface area contributed by atoms with Crippen molar-refractivity contribution in [1.82, 2.24) is 9.03 Å². The van der Waals surface area contributed by atoms with Crippen LogP contribution < -0.4 is 4.72 Å². The number of carboxylic acids is 1. The summed E-state index contributed by atoms with van der Waals surface area (Å²) in [5.74, 6) is -1.70. The predicted octanol–water partition coefficient (Wildman–Crippen LogP) is 2.98. The van der Waals surface area contributed by atoms with Gasteiger partial charge in [0.1, 0.15) is 6.04 Å². The van der Waals surface area contributed by atoms with E-state index in [1.54, 1.807) is 44.2 Å². The van der Waals surface area contributed by atoms with E-state index in [1.165, 1.54) is 0 Å². The largest absolute Gasteiger partial charge is 0.480 e. The Kier molecular flexibility index (Phi) is 10.5. The van der Waals surface area contributed by atoms with Crippen LogP contribution in [0.25, 0.3) is 0 Å². The van der Waals surface area contributed by atoms with Crippen molar-refractivity contribution in [3.05, 3.63) is 70.3 Å². The Balaban J connectivity index is 2.07. The zero-order valence-electron chi connectivity index (χ0n) is 20.1. The van der Waals surface area contributed by atoms with E-state index in [9.17, 15) is 36.9 Å². The lowest BCUT2D eigenvalue weighted by molar-refractivity contribution is -0.384. The number of hydrogen-bond acceptors (Lipinski definition) is 7. The predicted molar refractivity (Wildman–Crippen MR) is 134 cm³/mol. The van der Waals surface area contributed by atoms with E-state index in [4.69, 9.17) is 0 Å². The van der Waals surface area contributed by atoms with Gasteiger partial charge < -0.3 is 5.11 Å². The third kappa shape index (κ3) is 8.66. The van der Waals surface area contributed by atoms with E-state index in [2.05, 4.69) is 4.72 Å². The van der Waals surface area contributed by atoms with Crippen LogP contribution in [0.2, 0.25) is 0 Å². The molecule has 2 aromatic rings. The third-order valence-electron chi connectivity index (χ3n) is 5.26. The van der Waals surface area contributed by atoms with Crippen molar-refractivity contribution in [2.75, 3.05) is 13.1 Å². The Morgan fingerprint density at radius 3 is 2.17 bits per heavy atom. The molecule has 0 aliphatic carbocycles. The van der Waals surface area contributed by atoms with Crippen molar-refractivity contribution in [2.24, 2.45) is 5.92 Å². The van der Waals surface area contributed by atoms with E-state index in [1.807, 2.05) is 0 Å². The fraction of sp³-hybridized carbons (Fsp3) is 0.435. The summed E-state index contributed by atoms with van der Waals surface area (Å²) >= 11 is 0. The second-order valence-electron chi connectivity index (χ2n) is 8.71. The topological polar surface area (TPSA) is 164 Å². The first-order valence-corrected chi connectivity index (χ1v) is 14.4. The minimum absolute atomic E-state index is 0.0331. The molecule has 0 spiro atoms. The van der Waals surface area contributed by atoms with E-state index in [0.717, 1.165) is 28.6 Å². The fourth-order valence-electron chi connectivity index (χ4n) is 3.55. The van der Waals surface area contributed by atoms with Crippen LogP contribution in [0.15, 0.2) is 59.5 Å². The van der Waals surface area contributed by atoms with Crippen molar-refractivity contribution < 1.29 is 31.7 Å². The maximum Gasteiger partial charge on any atom is 0.322 e. The number of non-ortho nitro benzene ring substituents is 1. The first-order valence-electron chi connectivity index (χ1n) is 11.3.